The first-order valence-corrected chi connectivity index (χ1v) is 5.27. The van der Waals surface area contributed by atoms with E-state index in [1.807, 2.05) is 33.8 Å². The summed E-state index contributed by atoms with van der Waals surface area (Å²) in [5.74, 6) is -0.285. The number of rotatable bonds is 5. The number of carbonyl (C=O) groups excluding carboxylic acids is 1. The number of allylic oxidation sites excluding steroid dienone is 1. The average Bonchev–Trinajstić information content (AvgIpc) is 2.09. The number of hydrogen-bond donors (Lipinski definition) is 0. The highest BCUT2D eigenvalue weighted by atomic mass is 16.6. The molecule has 15 heavy (non-hydrogen) atoms. The molecular formula is C12H22O3. The van der Waals surface area contributed by atoms with Crippen molar-refractivity contribution in [3.63, 3.8) is 0 Å². The standard InChI is InChI=1S/C12H22O3/c1-10(14-5)8-6-7-9-11(13)15-12(2,3)4/h7,9-10H,6,8H2,1-5H3/b9-7+. The maximum Gasteiger partial charge on any atom is 0.330 e. The molecule has 0 bridgehead atoms. The summed E-state index contributed by atoms with van der Waals surface area (Å²) in [6.07, 6.45) is 5.27. The van der Waals surface area contributed by atoms with E-state index in [0.717, 1.165) is 12.8 Å². The lowest BCUT2D eigenvalue weighted by atomic mass is 10.2. The van der Waals surface area contributed by atoms with Crippen LogP contribution in [0.5, 0.6) is 0 Å². The molecule has 88 valence electrons. The molecule has 0 aromatic carbocycles. The molecule has 3 nitrogen and oxygen atoms in total. The van der Waals surface area contributed by atoms with Crippen LogP contribution in [0.25, 0.3) is 0 Å². The Bertz CT molecular complexity index is 213. The Hall–Kier alpha value is -0.830. The number of hydrogen-bond acceptors (Lipinski definition) is 3. The minimum Gasteiger partial charge on any atom is -0.457 e. The van der Waals surface area contributed by atoms with E-state index in [1.54, 1.807) is 7.11 Å². The van der Waals surface area contributed by atoms with Gasteiger partial charge < -0.3 is 9.47 Å². The second-order valence-corrected chi connectivity index (χ2v) is 4.56. The fraction of sp³-hybridized carbons (Fsp3) is 0.750. The lowest BCUT2D eigenvalue weighted by Gasteiger charge is -2.17. The van der Waals surface area contributed by atoms with Crippen molar-refractivity contribution in [2.24, 2.45) is 0 Å². The molecule has 0 rings (SSSR count). The van der Waals surface area contributed by atoms with Crippen LogP contribution in [0.1, 0.15) is 40.5 Å². The van der Waals surface area contributed by atoms with E-state index in [1.165, 1.54) is 6.08 Å². The van der Waals surface area contributed by atoms with Gasteiger partial charge in [-0.2, -0.15) is 0 Å². The second-order valence-electron chi connectivity index (χ2n) is 4.56. The molecule has 1 atom stereocenters. The minimum absolute atomic E-state index is 0.230. The highest BCUT2D eigenvalue weighted by Gasteiger charge is 2.13. The molecule has 0 saturated carbocycles. The van der Waals surface area contributed by atoms with Crippen LogP contribution in [-0.2, 0) is 14.3 Å². The fourth-order valence-electron chi connectivity index (χ4n) is 0.964. The van der Waals surface area contributed by atoms with Gasteiger partial charge in [0, 0.05) is 13.2 Å². The molecule has 3 heteroatoms. The normalized spacial score (nSPS) is 14.2. The lowest BCUT2D eigenvalue weighted by Crippen LogP contribution is -2.22. The first kappa shape index (κ1) is 14.2. The zero-order valence-corrected chi connectivity index (χ0v) is 10.4. The van der Waals surface area contributed by atoms with Crippen LogP contribution >= 0.6 is 0 Å². The fourth-order valence-corrected chi connectivity index (χ4v) is 0.964. The Labute approximate surface area is 92.5 Å². The number of methoxy groups -OCH3 is 1. The largest absolute Gasteiger partial charge is 0.457 e. The van der Waals surface area contributed by atoms with Crippen molar-refractivity contribution in [2.45, 2.75) is 52.2 Å². The topological polar surface area (TPSA) is 35.5 Å². The van der Waals surface area contributed by atoms with Gasteiger partial charge in [0.05, 0.1) is 6.10 Å². The number of ether oxygens (including phenoxy) is 2. The predicted molar refractivity (Wildman–Crippen MR) is 60.7 cm³/mol. The highest BCUT2D eigenvalue weighted by molar-refractivity contribution is 5.82. The van der Waals surface area contributed by atoms with Crippen LogP contribution in [0, 0.1) is 0 Å². The van der Waals surface area contributed by atoms with Crippen LogP contribution in [0.4, 0.5) is 0 Å². The van der Waals surface area contributed by atoms with Crippen molar-refractivity contribution in [2.75, 3.05) is 7.11 Å². The maximum absolute atomic E-state index is 11.2. The summed E-state index contributed by atoms with van der Waals surface area (Å²) in [4.78, 5) is 11.2. The van der Waals surface area contributed by atoms with Crippen LogP contribution in [0.2, 0.25) is 0 Å². The summed E-state index contributed by atoms with van der Waals surface area (Å²) < 4.78 is 10.2. The van der Waals surface area contributed by atoms with Crippen molar-refractivity contribution in [1.29, 1.82) is 0 Å². The zero-order chi connectivity index (χ0) is 11.9. The molecule has 0 fully saturated rings. The molecule has 0 aromatic heterocycles. The zero-order valence-electron chi connectivity index (χ0n) is 10.4. The SMILES string of the molecule is COC(C)CC/C=C/C(=O)OC(C)(C)C. The molecule has 0 aliphatic rings. The average molecular weight is 214 g/mol. The van der Waals surface area contributed by atoms with E-state index < -0.39 is 5.60 Å². The summed E-state index contributed by atoms with van der Waals surface area (Å²) in [5.41, 5.74) is -0.415. The molecule has 0 N–H and O–H groups in total. The van der Waals surface area contributed by atoms with E-state index >= 15 is 0 Å². The van der Waals surface area contributed by atoms with Crippen molar-refractivity contribution in [1.82, 2.24) is 0 Å². The lowest BCUT2D eigenvalue weighted by molar-refractivity contribution is -0.148. The third-order valence-corrected chi connectivity index (χ3v) is 1.80. The molecule has 0 radical (unpaired) electrons. The Morgan fingerprint density at radius 2 is 2.00 bits per heavy atom. The monoisotopic (exact) mass is 214 g/mol. The molecule has 0 amide bonds. The van der Waals surface area contributed by atoms with E-state index in [4.69, 9.17) is 9.47 Å². The van der Waals surface area contributed by atoms with E-state index in [2.05, 4.69) is 0 Å². The molecule has 0 aliphatic heterocycles. The van der Waals surface area contributed by atoms with Crippen molar-refractivity contribution in [3.05, 3.63) is 12.2 Å². The van der Waals surface area contributed by atoms with Crippen LogP contribution < -0.4 is 0 Å². The summed E-state index contributed by atoms with van der Waals surface area (Å²) in [6.45, 7) is 7.56. The minimum atomic E-state index is -0.415. The van der Waals surface area contributed by atoms with Crippen LogP contribution in [0.15, 0.2) is 12.2 Å². The number of carbonyl (C=O) groups is 1. The van der Waals surface area contributed by atoms with Gasteiger partial charge in [-0.3, -0.25) is 0 Å². The van der Waals surface area contributed by atoms with Gasteiger partial charge in [0.15, 0.2) is 0 Å². The molecule has 1 unspecified atom stereocenters. The first-order chi connectivity index (χ1) is 6.85. The molecule has 0 spiro atoms. The van der Waals surface area contributed by atoms with Gasteiger partial charge in [-0.25, -0.2) is 4.79 Å². The third-order valence-electron chi connectivity index (χ3n) is 1.80. The van der Waals surface area contributed by atoms with E-state index in [-0.39, 0.29) is 12.1 Å². The van der Waals surface area contributed by atoms with Gasteiger partial charge in [0.2, 0.25) is 0 Å². The van der Waals surface area contributed by atoms with Gasteiger partial charge in [0.1, 0.15) is 5.60 Å². The quantitative estimate of drug-likeness (QED) is 0.521. The summed E-state index contributed by atoms with van der Waals surface area (Å²) in [6, 6.07) is 0. The smallest absolute Gasteiger partial charge is 0.330 e. The Balaban J connectivity index is 3.73. The van der Waals surface area contributed by atoms with Crippen molar-refractivity contribution < 1.29 is 14.3 Å². The maximum atomic E-state index is 11.2. The number of esters is 1. The Morgan fingerprint density at radius 1 is 1.40 bits per heavy atom. The highest BCUT2D eigenvalue weighted by Crippen LogP contribution is 2.07. The Kier molecular flexibility index (Phi) is 6.25. The van der Waals surface area contributed by atoms with Gasteiger partial charge in [0.25, 0.3) is 0 Å². The first-order valence-electron chi connectivity index (χ1n) is 5.27. The molecule has 0 aliphatic carbocycles. The van der Waals surface area contributed by atoms with Crippen LogP contribution in [0.3, 0.4) is 0 Å². The molecular weight excluding hydrogens is 192 g/mol. The van der Waals surface area contributed by atoms with E-state index in [0.29, 0.717) is 0 Å². The predicted octanol–water partition coefficient (Wildman–Crippen LogP) is 2.70. The van der Waals surface area contributed by atoms with E-state index in [9.17, 15) is 4.79 Å². The molecule has 0 heterocycles. The van der Waals surface area contributed by atoms with Crippen molar-refractivity contribution in [3.8, 4) is 0 Å². The van der Waals surface area contributed by atoms with Crippen molar-refractivity contribution >= 4 is 5.97 Å². The third kappa shape index (κ3) is 9.47. The summed E-state index contributed by atoms with van der Waals surface area (Å²) in [7, 11) is 1.68. The summed E-state index contributed by atoms with van der Waals surface area (Å²) in [5, 5.41) is 0. The van der Waals surface area contributed by atoms with Gasteiger partial charge >= 0.3 is 5.97 Å². The summed E-state index contributed by atoms with van der Waals surface area (Å²) >= 11 is 0. The van der Waals surface area contributed by atoms with Gasteiger partial charge in [-0.15, -0.1) is 0 Å². The molecule has 0 saturated heterocycles. The van der Waals surface area contributed by atoms with Gasteiger partial charge in [-0.1, -0.05) is 6.08 Å². The van der Waals surface area contributed by atoms with Gasteiger partial charge in [-0.05, 0) is 40.5 Å². The second kappa shape index (κ2) is 6.62. The molecule has 0 aromatic rings. The Morgan fingerprint density at radius 3 is 2.47 bits per heavy atom. The van der Waals surface area contributed by atoms with Crippen LogP contribution in [-0.4, -0.2) is 24.8 Å².